The van der Waals surface area contributed by atoms with Crippen LogP contribution in [0.5, 0.6) is 0 Å². The van der Waals surface area contributed by atoms with Gasteiger partial charge in [0.25, 0.3) is 0 Å². The summed E-state index contributed by atoms with van der Waals surface area (Å²) in [6.45, 7) is 7.65. The Labute approximate surface area is 98.3 Å². The van der Waals surface area contributed by atoms with Crippen molar-refractivity contribution in [2.24, 2.45) is 5.92 Å². The number of piperidine rings is 1. The lowest BCUT2D eigenvalue weighted by atomic mass is 9.99. The highest BCUT2D eigenvalue weighted by Crippen LogP contribution is 2.17. The van der Waals surface area contributed by atoms with Gasteiger partial charge in [0.05, 0.1) is 0 Å². The average Bonchev–Trinajstić information content (AvgIpc) is 2.26. The smallest absolute Gasteiger partial charge is 0.246 e. The summed E-state index contributed by atoms with van der Waals surface area (Å²) < 4.78 is 4.77. The van der Waals surface area contributed by atoms with Gasteiger partial charge in [-0.15, -0.1) is 0 Å². The van der Waals surface area contributed by atoms with E-state index in [0.717, 1.165) is 25.6 Å². The second-order valence-electron chi connectivity index (χ2n) is 4.83. The first-order chi connectivity index (χ1) is 7.63. The molecule has 1 saturated heterocycles. The number of likely N-dealkylation sites (tertiary alicyclic amines) is 1. The summed E-state index contributed by atoms with van der Waals surface area (Å²) in [4.78, 5) is 13.7. The molecule has 16 heavy (non-hydrogen) atoms. The number of nitrogens with zero attached hydrogens (tertiary/aromatic N) is 1. The number of hydrogen-bond acceptors (Lipinski definition) is 3. The number of nitrogens with one attached hydrogen (secondary N) is 1. The third kappa shape index (κ3) is 4.49. The molecule has 1 N–H and O–H groups in total. The minimum absolute atomic E-state index is 0.0283. The van der Waals surface area contributed by atoms with Gasteiger partial charge in [-0.1, -0.05) is 6.92 Å². The molecular formula is C12H24N2O2. The third-order valence-corrected chi connectivity index (χ3v) is 3.18. The lowest BCUT2D eigenvalue weighted by Gasteiger charge is -2.35. The molecule has 0 aromatic rings. The van der Waals surface area contributed by atoms with Crippen LogP contribution in [0.2, 0.25) is 0 Å². The summed E-state index contributed by atoms with van der Waals surface area (Å²) in [5.74, 6) is 0.755. The standard InChI is InChI=1S/C12H24N2O2/c1-10-5-4-6-14(8-10)11(2)7-13-12(15)9-16-3/h10-11H,4-9H2,1-3H3,(H,13,15)/t10-,11+/m1/s1. The number of amides is 1. The fourth-order valence-corrected chi connectivity index (χ4v) is 2.20. The van der Waals surface area contributed by atoms with E-state index in [2.05, 4.69) is 24.1 Å². The molecule has 1 amide bonds. The molecule has 0 unspecified atom stereocenters. The summed E-state index contributed by atoms with van der Waals surface area (Å²) in [5, 5.41) is 2.89. The molecule has 1 aliphatic heterocycles. The van der Waals surface area contributed by atoms with Crippen LogP contribution >= 0.6 is 0 Å². The molecule has 1 aliphatic rings. The Bertz CT molecular complexity index is 221. The van der Waals surface area contributed by atoms with Crippen molar-refractivity contribution in [3.63, 3.8) is 0 Å². The minimum atomic E-state index is -0.0283. The molecule has 1 heterocycles. The van der Waals surface area contributed by atoms with E-state index in [1.807, 2.05) is 0 Å². The molecule has 0 spiro atoms. The van der Waals surface area contributed by atoms with E-state index in [-0.39, 0.29) is 12.5 Å². The van der Waals surface area contributed by atoms with Crippen LogP contribution in [0.3, 0.4) is 0 Å². The Hall–Kier alpha value is -0.610. The fourth-order valence-electron chi connectivity index (χ4n) is 2.20. The van der Waals surface area contributed by atoms with Crippen molar-refractivity contribution in [1.82, 2.24) is 10.2 Å². The van der Waals surface area contributed by atoms with Crippen molar-refractivity contribution in [3.05, 3.63) is 0 Å². The van der Waals surface area contributed by atoms with Crippen molar-refractivity contribution < 1.29 is 9.53 Å². The van der Waals surface area contributed by atoms with Crippen molar-refractivity contribution in [3.8, 4) is 0 Å². The SMILES string of the molecule is COCC(=O)NC[C@H](C)N1CCC[C@@H](C)C1. The number of hydrogen-bond donors (Lipinski definition) is 1. The monoisotopic (exact) mass is 228 g/mol. The van der Waals surface area contributed by atoms with E-state index in [9.17, 15) is 4.79 Å². The van der Waals surface area contributed by atoms with E-state index in [1.54, 1.807) is 0 Å². The fraction of sp³-hybridized carbons (Fsp3) is 0.917. The van der Waals surface area contributed by atoms with Gasteiger partial charge >= 0.3 is 0 Å². The van der Waals surface area contributed by atoms with Crippen LogP contribution in [0.15, 0.2) is 0 Å². The van der Waals surface area contributed by atoms with Gasteiger partial charge in [-0.3, -0.25) is 9.69 Å². The van der Waals surface area contributed by atoms with E-state index < -0.39 is 0 Å². The molecule has 0 bridgehead atoms. The summed E-state index contributed by atoms with van der Waals surface area (Å²) in [5.41, 5.74) is 0. The molecule has 4 heteroatoms. The largest absolute Gasteiger partial charge is 0.375 e. The predicted molar refractivity (Wildman–Crippen MR) is 64.3 cm³/mol. The predicted octanol–water partition coefficient (Wildman–Crippen LogP) is 0.869. The summed E-state index contributed by atoms with van der Waals surface area (Å²) in [7, 11) is 1.54. The topological polar surface area (TPSA) is 41.6 Å². The van der Waals surface area contributed by atoms with Crippen LogP contribution in [0.4, 0.5) is 0 Å². The lowest BCUT2D eigenvalue weighted by molar-refractivity contribution is -0.125. The van der Waals surface area contributed by atoms with E-state index in [4.69, 9.17) is 4.74 Å². The number of ether oxygens (including phenoxy) is 1. The normalized spacial score (nSPS) is 24.1. The molecule has 1 fully saturated rings. The Kier molecular flexibility index (Phi) is 5.77. The van der Waals surface area contributed by atoms with Crippen LogP contribution < -0.4 is 5.32 Å². The molecular weight excluding hydrogens is 204 g/mol. The second-order valence-corrected chi connectivity index (χ2v) is 4.83. The molecule has 4 nitrogen and oxygen atoms in total. The van der Waals surface area contributed by atoms with Gasteiger partial charge < -0.3 is 10.1 Å². The zero-order valence-corrected chi connectivity index (χ0v) is 10.7. The van der Waals surface area contributed by atoms with Gasteiger partial charge in [0.15, 0.2) is 0 Å². The Morgan fingerprint density at radius 1 is 1.62 bits per heavy atom. The molecule has 0 aromatic carbocycles. The maximum Gasteiger partial charge on any atom is 0.246 e. The zero-order chi connectivity index (χ0) is 12.0. The van der Waals surface area contributed by atoms with Gasteiger partial charge in [0.1, 0.15) is 6.61 Å². The van der Waals surface area contributed by atoms with E-state index >= 15 is 0 Å². The maximum absolute atomic E-state index is 11.2. The highest BCUT2D eigenvalue weighted by Gasteiger charge is 2.20. The van der Waals surface area contributed by atoms with E-state index in [1.165, 1.54) is 20.0 Å². The van der Waals surface area contributed by atoms with Crippen LogP contribution in [0.1, 0.15) is 26.7 Å². The molecule has 0 saturated carbocycles. The Balaban J connectivity index is 2.23. The van der Waals surface area contributed by atoms with Crippen LogP contribution in [-0.4, -0.2) is 50.2 Å². The number of rotatable bonds is 5. The molecule has 2 atom stereocenters. The van der Waals surface area contributed by atoms with Gasteiger partial charge in [0.2, 0.25) is 5.91 Å². The first-order valence-electron chi connectivity index (χ1n) is 6.13. The Morgan fingerprint density at radius 2 is 2.38 bits per heavy atom. The average molecular weight is 228 g/mol. The summed E-state index contributed by atoms with van der Waals surface area (Å²) in [6, 6.07) is 0.420. The lowest BCUT2D eigenvalue weighted by Crippen LogP contribution is -2.46. The summed E-state index contributed by atoms with van der Waals surface area (Å²) in [6.07, 6.45) is 2.61. The van der Waals surface area contributed by atoms with Crippen molar-refractivity contribution in [2.75, 3.05) is 33.4 Å². The Morgan fingerprint density at radius 3 is 3.00 bits per heavy atom. The van der Waals surface area contributed by atoms with Crippen molar-refractivity contribution in [2.45, 2.75) is 32.7 Å². The van der Waals surface area contributed by atoms with Gasteiger partial charge in [-0.2, -0.15) is 0 Å². The second kappa shape index (κ2) is 6.86. The molecule has 94 valence electrons. The van der Waals surface area contributed by atoms with E-state index in [0.29, 0.717) is 6.04 Å². The summed E-state index contributed by atoms with van der Waals surface area (Å²) >= 11 is 0. The van der Waals surface area contributed by atoms with Gasteiger partial charge in [-0.25, -0.2) is 0 Å². The molecule has 0 aliphatic carbocycles. The highest BCUT2D eigenvalue weighted by atomic mass is 16.5. The molecule has 0 radical (unpaired) electrons. The number of methoxy groups -OCH3 is 1. The first-order valence-corrected chi connectivity index (χ1v) is 6.13. The number of carbonyl (C=O) groups excluding carboxylic acids is 1. The number of carbonyl (C=O) groups is 1. The quantitative estimate of drug-likeness (QED) is 0.759. The zero-order valence-electron chi connectivity index (χ0n) is 10.7. The first kappa shape index (κ1) is 13.5. The van der Waals surface area contributed by atoms with Crippen LogP contribution in [-0.2, 0) is 9.53 Å². The third-order valence-electron chi connectivity index (χ3n) is 3.18. The molecule has 1 rings (SSSR count). The van der Waals surface area contributed by atoms with Crippen LogP contribution in [0, 0.1) is 5.92 Å². The maximum atomic E-state index is 11.2. The van der Waals surface area contributed by atoms with Crippen LogP contribution in [0.25, 0.3) is 0 Å². The van der Waals surface area contributed by atoms with Crippen molar-refractivity contribution in [1.29, 1.82) is 0 Å². The minimum Gasteiger partial charge on any atom is -0.375 e. The van der Waals surface area contributed by atoms with Crippen molar-refractivity contribution >= 4 is 5.91 Å². The van der Waals surface area contributed by atoms with Gasteiger partial charge in [-0.05, 0) is 32.2 Å². The molecule has 0 aromatic heterocycles. The van der Waals surface area contributed by atoms with Gasteiger partial charge in [0, 0.05) is 26.2 Å². The highest BCUT2D eigenvalue weighted by molar-refractivity contribution is 5.77.